The Hall–Kier alpha value is -2.44. The molecule has 0 N–H and O–H groups in total. The van der Waals surface area contributed by atoms with Crippen LogP contribution in [0.2, 0.25) is 0 Å². The van der Waals surface area contributed by atoms with E-state index in [1.807, 2.05) is 64.1 Å². The van der Waals surface area contributed by atoms with E-state index in [4.69, 9.17) is 0 Å². The number of rotatable bonds is 4. The lowest BCUT2D eigenvalue weighted by molar-refractivity contribution is 0.107. The van der Waals surface area contributed by atoms with Crippen molar-refractivity contribution in [3.05, 3.63) is 94.5 Å². The average molecular weight is 362 g/mol. The van der Waals surface area contributed by atoms with Gasteiger partial charge in [0, 0.05) is 16.2 Å². The smallest absolute Gasteiger partial charge is 0.230 e. The summed E-state index contributed by atoms with van der Waals surface area (Å²) in [7, 11) is -3.47. The van der Waals surface area contributed by atoms with Gasteiger partial charge in [0.2, 0.25) is 12.7 Å². The number of hydrogen-bond donors (Lipinski definition) is 0. The summed E-state index contributed by atoms with van der Waals surface area (Å²) in [4.78, 5) is 13.8. The Morgan fingerprint density at radius 3 is 1.46 bits per heavy atom. The van der Waals surface area contributed by atoms with E-state index in [1.54, 1.807) is 24.3 Å². The lowest BCUT2D eigenvalue weighted by Crippen LogP contribution is -2.24. The van der Waals surface area contributed by atoms with Gasteiger partial charge >= 0.3 is 0 Å². The molecule has 0 spiro atoms. The molecule has 0 aliphatic carbocycles. The molecule has 0 amide bonds. The lowest BCUT2D eigenvalue weighted by Gasteiger charge is -2.22. The predicted octanol–water partition coefficient (Wildman–Crippen LogP) is 5.07. The normalized spacial score (nSPS) is 11.4. The van der Waals surface area contributed by atoms with Gasteiger partial charge in [-0.05, 0) is 49.9 Å². The number of carbonyl (C=O) groups excluding carboxylic acids is 1. The van der Waals surface area contributed by atoms with Crippen molar-refractivity contribution in [2.24, 2.45) is 0 Å². The molecule has 0 bridgehead atoms. The van der Waals surface area contributed by atoms with Gasteiger partial charge in [0.05, 0.1) is 0 Å². The first-order valence-electron chi connectivity index (χ1n) is 8.71. The second-order valence-corrected chi connectivity index (χ2v) is 9.38. The highest BCUT2D eigenvalue weighted by atomic mass is 31.2. The maximum atomic E-state index is 14.3. The summed E-state index contributed by atoms with van der Waals surface area (Å²) >= 11 is 0. The molecule has 3 aromatic rings. The maximum absolute atomic E-state index is 14.3. The van der Waals surface area contributed by atoms with E-state index in [2.05, 4.69) is 6.07 Å². The van der Waals surface area contributed by atoms with Crippen molar-refractivity contribution in [3.8, 4) is 0 Å². The highest BCUT2D eigenvalue weighted by molar-refractivity contribution is 7.93. The van der Waals surface area contributed by atoms with Gasteiger partial charge in [-0.25, -0.2) is 0 Å². The molecule has 0 atom stereocenters. The highest BCUT2D eigenvalue weighted by Gasteiger charge is 2.38. The molecule has 132 valence electrons. The third-order valence-corrected chi connectivity index (χ3v) is 7.95. The van der Waals surface area contributed by atoms with E-state index in [9.17, 15) is 9.36 Å². The number of aryl methyl sites for hydroxylation is 2. The van der Waals surface area contributed by atoms with Crippen molar-refractivity contribution in [3.63, 3.8) is 0 Å². The standard InChI is InChI=1S/C23H23O2P/c1-16-15-17(2)19(4)22(18(16)3)23(24)26(25,20-11-7-5-8-12-20)21-13-9-6-10-14-21/h5-15H,1-4H3. The van der Waals surface area contributed by atoms with Crippen molar-refractivity contribution in [1.29, 1.82) is 0 Å². The minimum atomic E-state index is -3.47. The molecule has 0 fully saturated rings. The van der Waals surface area contributed by atoms with Crippen molar-refractivity contribution >= 4 is 23.3 Å². The molecule has 3 aromatic carbocycles. The van der Waals surface area contributed by atoms with Crippen molar-refractivity contribution in [2.75, 3.05) is 0 Å². The summed E-state index contributed by atoms with van der Waals surface area (Å²) in [5.41, 5.74) is 4.22. The average Bonchev–Trinajstić information content (AvgIpc) is 2.67. The maximum Gasteiger partial charge on any atom is 0.230 e. The molecule has 0 heterocycles. The highest BCUT2D eigenvalue weighted by Crippen LogP contribution is 2.48. The second kappa shape index (κ2) is 7.05. The molecular formula is C23H23O2P. The van der Waals surface area contributed by atoms with Gasteiger partial charge in [-0.3, -0.25) is 4.79 Å². The van der Waals surface area contributed by atoms with E-state index >= 15 is 0 Å². The van der Waals surface area contributed by atoms with Crippen LogP contribution in [0.25, 0.3) is 0 Å². The summed E-state index contributed by atoms with van der Waals surface area (Å²) in [6.07, 6.45) is 0. The minimum absolute atomic E-state index is 0.281. The second-order valence-electron chi connectivity index (χ2n) is 6.72. The van der Waals surface area contributed by atoms with Crippen molar-refractivity contribution < 1.29 is 9.36 Å². The number of carbonyl (C=O) groups is 1. The molecule has 0 saturated heterocycles. The van der Waals surface area contributed by atoms with Gasteiger partial charge in [-0.2, -0.15) is 0 Å². The third-order valence-electron chi connectivity index (χ3n) is 5.11. The monoisotopic (exact) mass is 362 g/mol. The van der Waals surface area contributed by atoms with Crippen LogP contribution in [0, 0.1) is 27.7 Å². The molecule has 3 heteroatoms. The summed E-state index contributed by atoms with van der Waals surface area (Å²) in [5.74, 6) is 0. The van der Waals surface area contributed by atoms with Crippen molar-refractivity contribution in [1.82, 2.24) is 0 Å². The van der Waals surface area contributed by atoms with Crippen LogP contribution in [0.4, 0.5) is 0 Å². The van der Waals surface area contributed by atoms with Crippen LogP contribution >= 0.6 is 7.14 Å². The fraction of sp³-hybridized carbons (Fsp3) is 0.174. The zero-order valence-electron chi connectivity index (χ0n) is 15.6. The van der Waals surface area contributed by atoms with Gasteiger partial charge in [-0.1, -0.05) is 66.7 Å². The van der Waals surface area contributed by atoms with Gasteiger partial charge < -0.3 is 4.57 Å². The molecule has 0 unspecified atom stereocenters. The zero-order valence-corrected chi connectivity index (χ0v) is 16.5. The predicted molar refractivity (Wildman–Crippen MR) is 109 cm³/mol. The van der Waals surface area contributed by atoms with Crippen LogP contribution in [0.3, 0.4) is 0 Å². The molecule has 0 aliphatic rings. The number of hydrogen-bond acceptors (Lipinski definition) is 2. The quantitative estimate of drug-likeness (QED) is 0.607. The van der Waals surface area contributed by atoms with E-state index in [0.29, 0.717) is 16.2 Å². The van der Waals surface area contributed by atoms with Crippen LogP contribution in [0.1, 0.15) is 32.6 Å². The SMILES string of the molecule is Cc1cc(C)c(C)c(C(=O)P(=O)(c2ccccc2)c2ccccc2)c1C. The summed E-state index contributed by atoms with van der Waals surface area (Å²) in [6.45, 7) is 7.87. The first-order chi connectivity index (χ1) is 12.4. The number of benzene rings is 3. The minimum Gasteiger partial charge on any atom is -0.305 e. The Kier molecular flexibility index (Phi) is 4.98. The van der Waals surface area contributed by atoms with E-state index in [1.165, 1.54) is 0 Å². The van der Waals surface area contributed by atoms with E-state index in [-0.39, 0.29) is 5.52 Å². The molecule has 26 heavy (non-hydrogen) atoms. The van der Waals surface area contributed by atoms with E-state index < -0.39 is 7.14 Å². The molecular weight excluding hydrogens is 339 g/mol. The van der Waals surface area contributed by atoms with Gasteiger partial charge in [0.1, 0.15) is 0 Å². The Morgan fingerprint density at radius 1 is 0.692 bits per heavy atom. The molecule has 0 radical (unpaired) electrons. The zero-order chi connectivity index (χ0) is 18.9. The van der Waals surface area contributed by atoms with Crippen LogP contribution in [-0.2, 0) is 4.57 Å². The topological polar surface area (TPSA) is 34.1 Å². The van der Waals surface area contributed by atoms with Crippen LogP contribution in [-0.4, -0.2) is 5.52 Å². The molecule has 3 rings (SSSR count). The molecule has 0 saturated carbocycles. The van der Waals surface area contributed by atoms with Crippen molar-refractivity contribution in [2.45, 2.75) is 27.7 Å². The Labute approximate surface area is 155 Å². The summed E-state index contributed by atoms with van der Waals surface area (Å²) in [6, 6.07) is 20.3. The first kappa shape index (κ1) is 18.4. The molecule has 0 aliphatic heterocycles. The van der Waals surface area contributed by atoms with Gasteiger partial charge in [-0.15, -0.1) is 0 Å². The van der Waals surface area contributed by atoms with Gasteiger partial charge in [0.15, 0.2) is 0 Å². The lowest BCUT2D eigenvalue weighted by atomic mass is 9.95. The van der Waals surface area contributed by atoms with Crippen LogP contribution in [0.5, 0.6) is 0 Å². The molecule has 2 nitrogen and oxygen atoms in total. The first-order valence-corrected chi connectivity index (χ1v) is 10.4. The molecule has 0 aromatic heterocycles. The fourth-order valence-corrected chi connectivity index (χ4v) is 5.96. The Morgan fingerprint density at radius 2 is 1.08 bits per heavy atom. The van der Waals surface area contributed by atoms with Crippen LogP contribution < -0.4 is 10.6 Å². The fourth-order valence-electron chi connectivity index (χ4n) is 3.35. The largest absolute Gasteiger partial charge is 0.305 e. The van der Waals surface area contributed by atoms with Gasteiger partial charge in [0.25, 0.3) is 0 Å². The summed E-state index contributed by atoms with van der Waals surface area (Å²) in [5, 5.41) is 1.16. The Balaban J connectivity index is 2.32. The van der Waals surface area contributed by atoms with E-state index in [0.717, 1.165) is 22.3 Å². The third kappa shape index (κ3) is 2.95. The van der Waals surface area contributed by atoms with Crippen LogP contribution in [0.15, 0.2) is 66.7 Å². The Bertz CT molecular complexity index is 936. The summed E-state index contributed by atoms with van der Waals surface area (Å²) < 4.78 is 14.3.